The fraction of sp³-hybridized carbons (Fsp3) is 0.372. The quantitative estimate of drug-likeness (QED) is 0.122. The molecule has 60 heavy (non-hydrogen) atoms. The molecule has 2 aliphatic heterocycles. The highest BCUT2D eigenvalue weighted by Gasteiger charge is 2.32. The molecule has 0 bridgehead atoms. The van der Waals surface area contributed by atoms with E-state index in [2.05, 4.69) is 56.4 Å². The lowest BCUT2D eigenvalue weighted by molar-refractivity contribution is -0.136. The molecule has 1 aliphatic carbocycles. The summed E-state index contributed by atoms with van der Waals surface area (Å²) >= 11 is 14.6. The van der Waals surface area contributed by atoms with E-state index in [0.717, 1.165) is 62.8 Å². The van der Waals surface area contributed by atoms with Crippen LogP contribution in [0.4, 0.5) is 5.69 Å². The molecule has 2 aromatic carbocycles. The molecule has 9 rings (SSSR count). The summed E-state index contributed by atoms with van der Waals surface area (Å²) in [5.41, 5.74) is 7.74. The molecule has 3 aliphatic rings. The van der Waals surface area contributed by atoms with E-state index in [0.29, 0.717) is 59.4 Å². The van der Waals surface area contributed by atoms with Gasteiger partial charge in [0.1, 0.15) is 29.6 Å². The number of aromatic nitrogens is 6. The number of ether oxygens (including phenoxy) is 2. The minimum atomic E-state index is -0.575. The number of piperazine rings is 1. The standard InChI is InChI=1S/C43H44Cl2N10O4S/c1-24-25(2)60-42-37(24)39(28-7-11-29(44)12-8-28)47-34(41-52-51-26(3)55(41)42)22-35(56)46-15-20-58-23-36(57)54-18-16-53(17-19-54)30-13-9-27(10-14-30)38-32(45)21-33-40(49-38)50-43(48-33)59-31-5-4-6-31/h7-14,21,31,34H,4-6,15-20,22-23H2,1-3H3,(H,46,56)(H,48,49,50)/t34-/m0/s1. The van der Waals surface area contributed by atoms with Gasteiger partial charge in [0.2, 0.25) is 11.8 Å². The number of aromatic amines is 1. The summed E-state index contributed by atoms with van der Waals surface area (Å²) in [5.74, 6) is 1.06. The molecule has 0 radical (unpaired) electrons. The number of halogens is 2. The second kappa shape index (κ2) is 17.0. The second-order valence-electron chi connectivity index (χ2n) is 15.3. The van der Waals surface area contributed by atoms with Gasteiger partial charge in [-0.2, -0.15) is 4.98 Å². The van der Waals surface area contributed by atoms with Crippen LogP contribution in [-0.4, -0.2) is 104 Å². The fourth-order valence-electron chi connectivity index (χ4n) is 7.74. The number of H-pyrrole nitrogens is 1. The summed E-state index contributed by atoms with van der Waals surface area (Å²) in [6.45, 7) is 9.00. The highest BCUT2D eigenvalue weighted by atomic mass is 35.5. The molecule has 2 N–H and O–H groups in total. The van der Waals surface area contributed by atoms with Gasteiger partial charge in [0, 0.05) is 65.0 Å². The Kier molecular flexibility index (Phi) is 11.3. The number of pyridine rings is 1. The Labute approximate surface area is 360 Å². The van der Waals surface area contributed by atoms with E-state index in [1.54, 1.807) is 11.3 Å². The monoisotopic (exact) mass is 866 g/mol. The number of rotatable bonds is 12. The third-order valence-corrected chi connectivity index (χ3v) is 13.1. The van der Waals surface area contributed by atoms with Gasteiger partial charge < -0.3 is 29.6 Å². The van der Waals surface area contributed by atoms with Crippen LogP contribution in [0.15, 0.2) is 59.6 Å². The highest BCUT2D eigenvalue weighted by Crippen LogP contribution is 2.40. The number of thiophene rings is 1. The number of carbonyl (C=O) groups excluding carboxylic acids is 2. The van der Waals surface area contributed by atoms with Gasteiger partial charge in [0.05, 0.1) is 35.0 Å². The van der Waals surface area contributed by atoms with Gasteiger partial charge in [-0.3, -0.25) is 19.1 Å². The normalized spacial score (nSPS) is 16.6. The number of nitrogens with zero attached hydrogens (tertiary/aromatic N) is 8. The number of anilines is 1. The first kappa shape index (κ1) is 40.1. The summed E-state index contributed by atoms with van der Waals surface area (Å²) in [6, 6.07) is 17.5. The molecule has 4 aromatic heterocycles. The van der Waals surface area contributed by atoms with Crippen molar-refractivity contribution in [3.05, 3.63) is 97.9 Å². The van der Waals surface area contributed by atoms with E-state index in [9.17, 15) is 9.59 Å². The molecule has 1 saturated carbocycles. The van der Waals surface area contributed by atoms with Crippen molar-refractivity contribution in [2.24, 2.45) is 4.99 Å². The molecule has 0 unspecified atom stereocenters. The van der Waals surface area contributed by atoms with Crippen molar-refractivity contribution in [2.75, 3.05) is 50.8 Å². The Morgan fingerprint density at radius 1 is 0.950 bits per heavy atom. The fourth-order valence-corrected chi connectivity index (χ4v) is 9.34. The van der Waals surface area contributed by atoms with Crippen LogP contribution in [-0.2, 0) is 14.3 Å². The summed E-state index contributed by atoms with van der Waals surface area (Å²) in [4.78, 5) is 49.3. The minimum Gasteiger partial charge on any atom is -0.461 e. The topological polar surface area (TPSA) is 156 Å². The van der Waals surface area contributed by atoms with Crippen molar-refractivity contribution in [2.45, 2.75) is 58.6 Å². The van der Waals surface area contributed by atoms with Gasteiger partial charge in [0.25, 0.3) is 6.01 Å². The highest BCUT2D eigenvalue weighted by molar-refractivity contribution is 7.15. The van der Waals surface area contributed by atoms with Crippen molar-refractivity contribution in [1.29, 1.82) is 0 Å². The smallest absolute Gasteiger partial charge is 0.296 e. The lowest BCUT2D eigenvalue weighted by Gasteiger charge is -2.36. The molecular formula is C43H44Cl2N10O4S. The maximum atomic E-state index is 13.3. The van der Waals surface area contributed by atoms with Crippen molar-refractivity contribution in [3.63, 3.8) is 0 Å². The molecule has 6 heterocycles. The molecule has 2 fully saturated rings. The number of fused-ring (bicyclic) bond motifs is 4. The Hall–Kier alpha value is -5.35. The first-order valence-corrected chi connectivity index (χ1v) is 21.7. The number of hydrogen-bond donors (Lipinski definition) is 2. The molecule has 14 nitrogen and oxygen atoms in total. The first-order valence-electron chi connectivity index (χ1n) is 20.2. The summed E-state index contributed by atoms with van der Waals surface area (Å²) in [6.07, 6.45) is 3.55. The van der Waals surface area contributed by atoms with Crippen LogP contribution in [0.3, 0.4) is 0 Å². The second-order valence-corrected chi connectivity index (χ2v) is 17.4. The van der Waals surface area contributed by atoms with Crippen LogP contribution in [0.25, 0.3) is 27.4 Å². The van der Waals surface area contributed by atoms with Gasteiger partial charge in [-0.15, -0.1) is 21.5 Å². The SMILES string of the molecule is Cc1sc2c(c1C)C(c1ccc(Cl)cc1)=N[C@@H](CC(=O)NCCOCC(=O)N1CCN(c3ccc(-c4nc5nc(OC6CCC6)[nH]c5cc4Cl)cc3)CC1)c1nnc(C)n1-2. The maximum Gasteiger partial charge on any atom is 0.296 e. The van der Waals surface area contributed by atoms with Crippen LogP contribution in [0.2, 0.25) is 10.0 Å². The van der Waals surface area contributed by atoms with Crippen LogP contribution in [0.5, 0.6) is 6.01 Å². The molecule has 6 aromatic rings. The van der Waals surface area contributed by atoms with E-state index in [1.165, 1.54) is 11.3 Å². The molecule has 310 valence electrons. The maximum absolute atomic E-state index is 13.3. The van der Waals surface area contributed by atoms with Crippen molar-refractivity contribution >= 4 is 68.9 Å². The number of imidazole rings is 1. The van der Waals surface area contributed by atoms with Crippen LogP contribution in [0, 0.1) is 20.8 Å². The molecule has 17 heteroatoms. The van der Waals surface area contributed by atoms with Gasteiger partial charge in [-0.1, -0.05) is 47.5 Å². The lowest BCUT2D eigenvalue weighted by atomic mass is 9.96. The zero-order valence-electron chi connectivity index (χ0n) is 33.5. The Balaban J connectivity index is 0.750. The number of aliphatic imine (C=N–C) groups is 1. The summed E-state index contributed by atoms with van der Waals surface area (Å²) < 4.78 is 13.7. The average molecular weight is 868 g/mol. The van der Waals surface area contributed by atoms with Gasteiger partial charge in [-0.25, -0.2) is 4.98 Å². The van der Waals surface area contributed by atoms with E-state index < -0.39 is 6.04 Å². The number of carbonyl (C=O) groups is 2. The van der Waals surface area contributed by atoms with Crippen LogP contribution in [0.1, 0.15) is 64.9 Å². The third-order valence-electron chi connectivity index (χ3n) is 11.4. The number of nitrogens with one attached hydrogen (secondary N) is 2. The number of benzene rings is 2. The number of hydrogen-bond acceptors (Lipinski definition) is 11. The summed E-state index contributed by atoms with van der Waals surface area (Å²) in [7, 11) is 0. The van der Waals surface area contributed by atoms with E-state index >= 15 is 0 Å². The zero-order chi connectivity index (χ0) is 41.5. The predicted octanol–water partition coefficient (Wildman–Crippen LogP) is 7.19. The van der Waals surface area contributed by atoms with E-state index in [1.807, 2.05) is 58.9 Å². The Morgan fingerprint density at radius 3 is 2.43 bits per heavy atom. The van der Waals surface area contributed by atoms with Gasteiger partial charge >= 0.3 is 0 Å². The largest absolute Gasteiger partial charge is 0.461 e. The zero-order valence-corrected chi connectivity index (χ0v) is 35.8. The third kappa shape index (κ3) is 8.10. The lowest BCUT2D eigenvalue weighted by Crippen LogP contribution is -2.49. The molecule has 2 amide bonds. The van der Waals surface area contributed by atoms with E-state index in [4.69, 9.17) is 42.7 Å². The first-order chi connectivity index (χ1) is 29.1. The number of aryl methyl sites for hydroxylation is 2. The number of amides is 2. The molecule has 1 atom stereocenters. The Morgan fingerprint density at radius 2 is 1.70 bits per heavy atom. The van der Waals surface area contributed by atoms with Gasteiger partial charge in [-0.05, 0) is 75.9 Å². The van der Waals surface area contributed by atoms with Crippen LogP contribution < -0.4 is 15.0 Å². The van der Waals surface area contributed by atoms with Gasteiger partial charge in [0.15, 0.2) is 11.5 Å². The van der Waals surface area contributed by atoms with Crippen molar-refractivity contribution < 1.29 is 19.1 Å². The molecular weight excluding hydrogens is 824 g/mol. The van der Waals surface area contributed by atoms with Crippen molar-refractivity contribution in [1.82, 2.24) is 39.9 Å². The average Bonchev–Trinajstić information content (AvgIpc) is 3.88. The Bertz CT molecular complexity index is 2590. The predicted molar refractivity (Wildman–Crippen MR) is 233 cm³/mol. The van der Waals surface area contributed by atoms with Crippen LogP contribution >= 0.6 is 34.5 Å². The minimum absolute atomic E-state index is 0.0617. The molecule has 0 spiro atoms. The van der Waals surface area contributed by atoms with E-state index in [-0.39, 0.29) is 44.1 Å². The summed E-state index contributed by atoms with van der Waals surface area (Å²) in [5, 5.41) is 14.0. The molecule has 1 saturated heterocycles. The van der Waals surface area contributed by atoms with Crippen molar-refractivity contribution in [3.8, 4) is 22.3 Å².